The number of aryl methyl sites for hydroxylation is 1. The van der Waals surface area contributed by atoms with E-state index in [9.17, 15) is 14.4 Å². The van der Waals surface area contributed by atoms with Crippen molar-refractivity contribution in [3.8, 4) is 0 Å². The number of amides is 2. The minimum atomic E-state index is -0.498. The molecule has 1 N–H and O–H groups in total. The number of carbonyl (C=O) groups is 3. The molecule has 2 aromatic rings. The van der Waals surface area contributed by atoms with Crippen molar-refractivity contribution in [1.82, 2.24) is 10.2 Å². The highest BCUT2D eigenvalue weighted by Gasteiger charge is 2.42. The summed E-state index contributed by atoms with van der Waals surface area (Å²) in [6.45, 7) is 7.75. The van der Waals surface area contributed by atoms with E-state index in [-0.39, 0.29) is 17.8 Å². The zero-order chi connectivity index (χ0) is 31.3. The molecule has 5 rings (SSSR count). The number of hydrogen-bond donors (Lipinski definition) is 1. The van der Waals surface area contributed by atoms with E-state index in [1.54, 1.807) is 0 Å². The lowest BCUT2D eigenvalue weighted by Crippen LogP contribution is -2.47. The van der Waals surface area contributed by atoms with Crippen LogP contribution in [0.1, 0.15) is 112 Å². The Morgan fingerprint density at radius 1 is 0.955 bits per heavy atom. The van der Waals surface area contributed by atoms with Gasteiger partial charge in [0, 0.05) is 60.8 Å². The Kier molecular flexibility index (Phi) is 10.7. The van der Waals surface area contributed by atoms with Crippen LogP contribution in [0.2, 0.25) is 5.02 Å². The van der Waals surface area contributed by atoms with E-state index in [2.05, 4.69) is 34.5 Å². The molecular formula is C36H48ClN3O4. The SMILES string of the molecule is CC(C)(C)OC(=O)NCCCCCCC(=O)c1cc(Cl)ccc1C1CC2CCC(C1)N2CCN1C(=O)CCc2ccccc21. The molecule has 0 aliphatic carbocycles. The molecule has 2 saturated heterocycles. The van der Waals surface area contributed by atoms with Gasteiger partial charge in [-0.3, -0.25) is 14.5 Å². The minimum absolute atomic E-state index is 0.173. The number of para-hydroxylation sites is 1. The number of benzene rings is 2. The second kappa shape index (κ2) is 14.5. The Bertz CT molecular complexity index is 1320. The summed E-state index contributed by atoms with van der Waals surface area (Å²) in [7, 11) is 0. The van der Waals surface area contributed by atoms with Crippen molar-refractivity contribution in [2.45, 2.75) is 115 Å². The Labute approximate surface area is 267 Å². The van der Waals surface area contributed by atoms with Crippen molar-refractivity contribution in [2.24, 2.45) is 0 Å². The van der Waals surface area contributed by atoms with Gasteiger partial charge in [-0.25, -0.2) is 4.79 Å². The third kappa shape index (κ3) is 8.22. The van der Waals surface area contributed by atoms with Gasteiger partial charge in [-0.1, -0.05) is 48.7 Å². The standard InChI is InChI=1S/C36H48ClN3O4/c1-36(2,3)44-35(43)38-19-9-5-4-6-12-33(41)31-24-27(37)14-17-30(31)26-22-28-15-16-29(23-26)39(28)20-21-40-32-11-8-7-10-25(32)13-18-34(40)42/h7-8,10-11,14,17,24,26,28-29H,4-6,9,12-13,15-16,18-23H2,1-3H3,(H,38,43). The van der Waals surface area contributed by atoms with Gasteiger partial charge in [-0.05, 0) is 101 Å². The number of nitrogens with zero attached hydrogens (tertiary/aromatic N) is 2. The van der Waals surface area contributed by atoms with Gasteiger partial charge in [0.25, 0.3) is 0 Å². The highest BCUT2D eigenvalue weighted by atomic mass is 35.5. The molecule has 2 aromatic carbocycles. The number of hydrogen-bond acceptors (Lipinski definition) is 5. The Morgan fingerprint density at radius 3 is 2.43 bits per heavy atom. The zero-order valence-corrected chi connectivity index (χ0v) is 27.3. The molecule has 3 heterocycles. The smallest absolute Gasteiger partial charge is 0.407 e. The minimum Gasteiger partial charge on any atom is -0.444 e. The molecule has 3 aliphatic rings. The molecular weight excluding hydrogens is 574 g/mol. The van der Waals surface area contributed by atoms with Crippen molar-refractivity contribution in [3.05, 3.63) is 64.2 Å². The number of carbonyl (C=O) groups excluding carboxylic acids is 3. The van der Waals surface area contributed by atoms with E-state index < -0.39 is 5.60 Å². The first kappa shape index (κ1) is 32.5. The number of ketones is 1. The van der Waals surface area contributed by atoms with Crippen LogP contribution in [0.3, 0.4) is 0 Å². The fourth-order valence-corrected chi connectivity index (χ4v) is 7.55. The highest BCUT2D eigenvalue weighted by Crippen LogP contribution is 2.44. The third-order valence-electron chi connectivity index (χ3n) is 9.41. The number of Topliss-reactive ketones (excluding diaryl/α,β-unsaturated/α-hetero) is 1. The summed E-state index contributed by atoms with van der Waals surface area (Å²) < 4.78 is 5.27. The topological polar surface area (TPSA) is 79.0 Å². The summed E-state index contributed by atoms with van der Waals surface area (Å²) in [5.74, 6) is 0.746. The summed E-state index contributed by atoms with van der Waals surface area (Å²) in [6, 6.07) is 15.1. The highest BCUT2D eigenvalue weighted by molar-refractivity contribution is 6.31. The molecule has 7 nitrogen and oxygen atoms in total. The summed E-state index contributed by atoms with van der Waals surface area (Å²) >= 11 is 6.40. The van der Waals surface area contributed by atoms with Gasteiger partial charge >= 0.3 is 6.09 Å². The van der Waals surface area contributed by atoms with Gasteiger partial charge in [0.15, 0.2) is 5.78 Å². The Hall–Kier alpha value is -2.90. The first-order valence-electron chi connectivity index (χ1n) is 16.5. The number of halogens is 1. The van der Waals surface area contributed by atoms with Crippen LogP contribution >= 0.6 is 11.6 Å². The fourth-order valence-electron chi connectivity index (χ4n) is 7.38. The van der Waals surface area contributed by atoms with Crippen molar-refractivity contribution in [1.29, 1.82) is 0 Å². The number of ether oxygens (including phenoxy) is 1. The van der Waals surface area contributed by atoms with Crippen LogP contribution in [0.5, 0.6) is 0 Å². The molecule has 0 spiro atoms. The average Bonchev–Trinajstić information content (AvgIpc) is 3.21. The molecule has 0 saturated carbocycles. The van der Waals surface area contributed by atoms with Gasteiger partial charge in [0.1, 0.15) is 5.60 Å². The largest absolute Gasteiger partial charge is 0.444 e. The molecule has 0 radical (unpaired) electrons. The second-order valence-corrected chi connectivity index (χ2v) is 14.1. The van der Waals surface area contributed by atoms with Crippen LogP contribution in [-0.4, -0.2) is 60.0 Å². The first-order valence-corrected chi connectivity index (χ1v) is 16.9. The van der Waals surface area contributed by atoms with E-state index in [4.69, 9.17) is 16.3 Å². The second-order valence-electron chi connectivity index (χ2n) is 13.7. The lowest BCUT2D eigenvalue weighted by molar-refractivity contribution is -0.119. The average molecular weight is 622 g/mol. The monoisotopic (exact) mass is 621 g/mol. The van der Waals surface area contributed by atoms with Gasteiger partial charge < -0.3 is 15.0 Å². The summed E-state index contributed by atoms with van der Waals surface area (Å²) in [5, 5.41) is 3.41. The number of unbranched alkanes of at least 4 members (excludes halogenated alkanes) is 3. The van der Waals surface area contributed by atoms with Gasteiger partial charge in [-0.15, -0.1) is 0 Å². The van der Waals surface area contributed by atoms with E-state index >= 15 is 0 Å². The van der Waals surface area contributed by atoms with Crippen molar-refractivity contribution in [3.63, 3.8) is 0 Å². The van der Waals surface area contributed by atoms with Crippen LogP contribution in [-0.2, 0) is 16.0 Å². The van der Waals surface area contributed by atoms with Gasteiger partial charge in [0.05, 0.1) is 0 Å². The number of anilines is 1. The maximum atomic E-state index is 13.4. The van der Waals surface area contributed by atoms with Crippen molar-refractivity contribution in [2.75, 3.05) is 24.5 Å². The van der Waals surface area contributed by atoms with Crippen LogP contribution < -0.4 is 10.2 Å². The molecule has 2 amide bonds. The van der Waals surface area contributed by atoms with Gasteiger partial charge in [-0.2, -0.15) is 0 Å². The molecule has 3 aliphatic heterocycles. The molecule has 8 heteroatoms. The van der Waals surface area contributed by atoms with Crippen LogP contribution in [0, 0.1) is 0 Å². The summed E-state index contributed by atoms with van der Waals surface area (Å²) in [5.41, 5.74) is 3.79. The molecule has 2 fully saturated rings. The van der Waals surface area contributed by atoms with E-state index in [1.165, 1.54) is 18.4 Å². The predicted octanol–water partition coefficient (Wildman–Crippen LogP) is 7.69. The summed E-state index contributed by atoms with van der Waals surface area (Å²) in [4.78, 5) is 42.7. The van der Waals surface area contributed by atoms with Crippen molar-refractivity contribution < 1.29 is 19.1 Å². The Morgan fingerprint density at radius 2 is 1.68 bits per heavy atom. The summed E-state index contributed by atoms with van der Waals surface area (Å²) in [6.07, 6.45) is 9.51. The van der Waals surface area contributed by atoms with Crippen LogP contribution in [0.25, 0.3) is 0 Å². The molecule has 238 valence electrons. The van der Waals surface area contributed by atoms with Crippen LogP contribution in [0.4, 0.5) is 10.5 Å². The predicted molar refractivity (Wildman–Crippen MR) is 176 cm³/mol. The van der Waals surface area contributed by atoms with Crippen LogP contribution in [0.15, 0.2) is 42.5 Å². The van der Waals surface area contributed by atoms with Crippen molar-refractivity contribution >= 4 is 35.1 Å². The number of fused-ring (bicyclic) bond motifs is 3. The first-order chi connectivity index (χ1) is 21.1. The normalized spacial score (nSPS) is 21.7. The lowest BCUT2D eigenvalue weighted by Gasteiger charge is -2.41. The number of piperidine rings is 1. The van der Waals surface area contributed by atoms with E-state index in [0.29, 0.717) is 42.4 Å². The molecule has 2 bridgehead atoms. The fraction of sp³-hybridized carbons (Fsp3) is 0.583. The Balaban J connectivity index is 1.12. The van der Waals surface area contributed by atoms with Gasteiger partial charge in [0.2, 0.25) is 5.91 Å². The number of alkyl carbamates (subject to hydrolysis) is 1. The number of nitrogens with one attached hydrogen (secondary N) is 1. The molecule has 2 atom stereocenters. The number of rotatable bonds is 12. The molecule has 44 heavy (non-hydrogen) atoms. The van der Waals surface area contributed by atoms with E-state index in [0.717, 1.165) is 74.8 Å². The van der Waals surface area contributed by atoms with E-state index in [1.807, 2.05) is 43.9 Å². The maximum absolute atomic E-state index is 13.4. The molecule has 0 aromatic heterocycles. The third-order valence-corrected chi connectivity index (χ3v) is 9.65. The lowest BCUT2D eigenvalue weighted by atomic mass is 9.81. The zero-order valence-electron chi connectivity index (χ0n) is 26.6. The maximum Gasteiger partial charge on any atom is 0.407 e. The molecule has 2 unspecified atom stereocenters. The quantitative estimate of drug-likeness (QED) is 0.194.